The van der Waals surface area contributed by atoms with Crippen LogP contribution in [0.15, 0.2) is 114 Å². The van der Waals surface area contributed by atoms with Crippen molar-refractivity contribution < 1.29 is 19.4 Å². The SMILES string of the molecule is O=C(CN1CCN(Cc2csc(-c3ccc(NC(=O)Nc4ccccc4)cc3)n2)CC1)N/N=C/c1cc(OCc2ccccc2)ccc1O. The van der Waals surface area contributed by atoms with Gasteiger partial charge < -0.3 is 20.5 Å². The lowest BCUT2D eigenvalue weighted by Gasteiger charge is -2.33. The van der Waals surface area contributed by atoms with E-state index in [2.05, 4.69) is 36.3 Å². The smallest absolute Gasteiger partial charge is 0.323 e. The van der Waals surface area contributed by atoms with Crippen LogP contribution >= 0.6 is 11.3 Å². The molecule has 1 aliphatic rings. The number of nitrogens with zero attached hydrogens (tertiary/aromatic N) is 4. The van der Waals surface area contributed by atoms with Crippen molar-refractivity contribution in [2.24, 2.45) is 5.10 Å². The molecule has 0 spiro atoms. The van der Waals surface area contributed by atoms with Crippen LogP contribution in [0.5, 0.6) is 11.5 Å². The maximum atomic E-state index is 12.6. The van der Waals surface area contributed by atoms with Crippen LogP contribution < -0.4 is 20.8 Å². The molecule has 2 heterocycles. The fourth-order valence-electron chi connectivity index (χ4n) is 5.24. The molecule has 11 nitrogen and oxygen atoms in total. The van der Waals surface area contributed by atoms with Gasteiger partial charge in [0.25, 0.3) is 5.91 Å². The number of rotatable bonds is 12. The number of para-hydroxylation sites is 1. The normalized spacial score (nSPS) is 13.6. The molecule has 1 fully saturated rings. The van der Waals surface area contributed by atoms with E-state index in [9.17, 15) is 14.7 Å². The van der Waals surface area contributed by atoms with Crippen LogP contribution in [0.25, 0.3) is 10.6 Å². The number of benzene rings is 4. The van der Waals surface area contributed by atoms with Gasteiger partial charge in [0.2, 0.25) is 0 Å². The number of piperazine rings is 1. The molecule has 0 aliphatic carbocycles. The summed E-state index contributed by atoms with van der Waals surface area (Å²) in [6.45, 7) is 4.51. The van der Waals surface area contributed by atoms with Crippen LogP contribution in [0.2, 0.25) is 0 Å². The van der Waals surface area contributed by atoms with Crippen LogP contribution in [0.4, 0.5) is 16.2 Å². The third kappa shape index (κ3) is 9.97. The molecule has 4 N–H and O–H groups in total. The number of hydrogen-bond donors (Lipinski definition) is 4. The highest BCUT2D eigenvalue weighted by molar-refractivity contribution is 7.13. The number of carbonyl (C=O) groups excluding carboxylic acids is 2. The van der Waals surface area contributed by atoms with Gasteiger partial charge in [0, 0.05) is 60.6 Å². The summed E-state index contributed by atoms with van der Waals surface area (Å²) in [5, 5.41) is 22.9. The molecule has 250 valence electrons. The summed E-state index contributed by atoms with van der Waals surface area (Å²) in [7, 11) is 0. The van der Waals surface area contributed by atoms with E-state index in [0.717, 1.165) is 60.2 Å². The van der Waals surface area contributed by atoms with Crippen LogP contribution in [-0.2, 0) is 17.9 Å². The first kappa shape index (κ1) is 33.3. The topological polar surface area (TPSA) is 131 Å². The second kappa shape index (κ2) is 16.5. The van der Waals surface area contributed by atoms with E-state index in [-0.39, 0.29) is 24.2 Å². The molecule has 0 saturated carbocycles. The predicted molar refractivity (Wildman–Crippen MR) is 193 cm³/mol. The van der Waals surface area contributed by atoms with Gasteiger partial charge in [-0.2, -0.15) is 5.10 Å². The van der Waals surface area contributed by atoms with E-state index in [4.69, 9.17) is 9.72 Å². The lowest BCUT2D eigenvalue weighted by atomic mass is 10.2. The molecule has 0 atom stereocenters. The lowest BCUT2D eigenvalue weighted by molar-refractivity contribution is -0.122. The van der Waals surface area contributed by atoms with Crippen molar-refractivity contribution >= 4 is 40.9 Å². The minimum absolute atomic E-state index is 0.0456. The zero-order valence-corrected chi connectivity index (χ0v) is 27.6. The number of anilines is 2. The summed E-state index contributed by atoms with van der Waals surface area (Å²) < 4.78 is 5.82. The van der Waals surface area contributed by atoms with E-state index >= 15 is 0 Å². The predicted octanol–water partition coefficient (Wildman–Crippen LogP) is 6.01. The van der Waals surface area contributed by atoms with Crippen molar-refractivity contribution in [3.63, 3.8) is 0 Å². The summed E-state index contributed by atoms with van der Waals surface area (Å²) in [4.78, 5) is 34.1. The molecular weight excluding hydrogens is 639 g/mol. The Labute approximate surface area is 288 Å². The fourth-order valence-corrected chi connectivity index (χ4v) is 6.05. The first-order valence-electron chi connectivity index (χ1n) is 15.9. The highest BCUT2D eigenvalue weighted by atomic mass is 32.1. The fraction of sp³-hybridized carbons (Fsp3) is 0.189. The Morgan fingerprint density at radius 1 is 0.857 bits per heavy atom. The average Bonchev–Trinajstić information content (AvgIpc) is 3.59. The highest BCUT2D eigenvalue weighted by Gasteiger charge is 2.20. The quantitative estimate of drug-likeness (QED) is 0.0942. The van der Waals surface area contributed by atoms with E-state index in [0.29, 0.717) is 23.6 Å². The average molecular weight is 676 g/mol. The number of amides is 3. The minimum atomic E-state index is -0.297. The standard InChI is InChI=1S/C37H37N7O4S/c45-34-16-15-33(48-25-27-7-3-1-4-8-27)21-29(34)22-38-42-35(46)24-44-19-17-43(18-20-44)23-32-26-49-36(39-32)28-11-13-31(14-12-28)41-37(47)40-30-9-5-2-6-10-30/h1-16,21-22,26,45H,17-20,23-25H2,(H,42,46)(H2,40,41,47)/b38-22+. The Morgan fingerprint density at radius 3 is 2.27 bits per heavy atom. The number of ether oxygens (including phenoxy) is 1. The second-order valence-corrected chi connectivity index (χ2v) is 12.4. The molecule has 0 radical (unpaired) electrons. The maximum Gasteiger partial charge on any atom is 0.323 e. The maximum absolute atomic E-state index is 12.6. The molecule has 5 aromatic rings. The monoisotopic (exact) mass is 675 g/mol. The Morgan fingerprint density at radius 2 is 1.53 bits per heavy atom. The second-order valence-electron chi connectivity index (χ2n) is 11.5. The first-order valence-corrected chi connectivity index (χ1v) is 16.8. The van der Waals surface area contributed by atoms with Crippen molar-refractivity contribution in [1.29, 1.82) is 0 Å². The molecule has 4 aromatic carbocycles. The number of aromatic hydroxyl groups is 1. The van der Waals surface area contributed by atoms with Crippen molar-refractivity contribution in [3.05, 3.63) is 125 Å². The molecule has 12 heteroatoms. The number of urea groups is 1. The number of hydrogen-bond acceptors (Lipinski definition) is 9. The number of carbonyl (C=O) groups is 2. The Bertz CT molecular complexity index is 1860. The van der Waals surface area contributed by atoms with E-state index in [1.807, 2.05) is 84.9 Å². The van der Waals surface area contributed by atoms with Crippen LogP contribution in [-0.4, -0.2) is 70.8 Å². The largest absolute Gasteiger partial charge is 0.507 e. The first-order chi connectivity index (χ1) is 24.0. The molecule has 3 amide bonds. The third-order valence-corrected chi connectivity index (χ3v) is 8.77. The van der Waals surface area contributed by atoms with Gasteiger partial charge in [-0.25, -0.2) is 15.2 Å². The van der Waals surface area contributed by atoms with Crippen LogP contribution in [0, 0.1) is 0 Å². The zero-order chi connectivity index (χ0) is 33.8. The van der Waals surface area contributed by atoms with Crippen molar-refractivity contribution in [3.8, 4) is 22.1 Å². The van der Waals surface area contributed by atoms with E-state index in [1.54, 1.807) is 29.5 Å². The van der Waals surface area contributed by atoms with Gasteiger partial charge >= 0.3 is 6.03 Å². The number of phenols is 1. The van der Waals surface area contributed by atoms with Crippen molar-refractivity contribution in [2.45, 2.75) is 13.2 Å². The zero-order valence-electron chi connectivity index (χ0n) is 26.8. The van der Waals surface area contributed by atoms with Crippen LogP contribution in [0.3, 0.4) is 0 Å². The Kier molecular flexibility index (Phi) is 11.2. The number of phenolic OH excluding ortho intramolecular Hbond substituents is 1. The number of aromatic nitrogens is 1. The summed E-state index contributed by atoms with van der Waals surface area (Å²) in [6, 6.07) is 31.4. The third-order valence-electron chi connectivity index (χ3n) is 7.83. The molecule has 1 saturated heterocycles. The lowest BCUT2D eigenvalue weighted by Crippen LogP contribution is -2.48. The van der Waals surface area contributed by atoms with Gasteiger partial charge in [0.15, 0.2) is 0 Å². The van der Waals surface area contributed by atoms with Gasteiger partial charge in [-0.3, -0.25) is 14.6 Å². The molecule has 0 unspecified atom stereocenters. The summed E-state index contributed by atoms with van der Waals surface area (Å²) >= 11 is 1.59. The molecule has 0 bridgehead atoms. The minimum Gasteiger partial charge on any atom is -0.507 e. The van der Waals surface area contributed by atoms with Gasteiger partial charge in [-0.05, 0) is 60.2 Å². The molecular formula is C37H37N7O4S. The summed E-state index contributed by atoms with van der Waals surface area (Å²) in [6.07, 6.45) is 1.42. The molecule has 1 aliphatic heterocycles. The van der Waals surface area contributed by atoms with Gasteiger partial charge in [-0.15, -0.1) is 11.3 Å². The summed E-state index contributed by atoms with van der Waals surface area (Å²) in [5.41, 5.74) is 7.47. The number of hydrazone groups is 1. The van der Waals surface area contributed by atoms with E-state index in [1.165, 1.54) is 6.21 Å². The van der Waals surface area contributed by atoms with Crippen molar-refractivity contribution in [2.75, 3.05) is 43.4 Å². The van der Waals surface area contributed by atoms with Crippen molar-refractivity contribution in [1.82, 2.24) is 20.2 Å². The van der Waals surface area contributed by atoms with Gasteiger partial charge in [0.1, 0.15) is 23.1 Å². The number of thiazole rings is 1. The number of nitrogens with one attached hydrogen (secondary N) is 3. The Balaban J connectivity index is 0.908. The van der Waals surface area contributed by atoms with E-state index < -0.39 is 0 Å². The summed E-state index contributed by atoms with van der Waals surface area (Å²) in [5.74, 6) is 0.418. The molecule has 49 heavy (non-hydrogen) atoms. The van der Waals surface area contributed by atoms with Crippen LogP contribution in [0.1, 0.15) is 16.8 Å². The van der Waals surface area contributed by atoms with Gasteiger partial charge in [-0.1, -0.05) is 48.5 Å². The highest BCUT2D eigenvalue weighted by Crippen LogP contribution is 2.26. The van der Waals surface area contributed by atoms with Gasteiger partial charge in [0.05, 0.1) is 18.5 Å². The molecule has 1 aromatic heterocycles. The Hall–Kier alpha value is -5.56. The molecule has 6 rings (SSSR count).